The number of ether oxygens (including phenoxy) is 1. The van der Waals surface area contributed by atoms with E-state index in [1.54, 1.807) is 0 Å². The molecule has 0 radical (unpaired) electrons. The monoisotopic (exact) mass is 436 g/mol. The summed E-state index contributed by atoms with van der Waals surface area (Å²) >= 11 is 6.22. The molecule has 0 spiro atoms. The highest BCUT2D eigenvalue weighted by Gasteiger charge is 2.28. The van der Waals surface area contributed by atoms with Gasteiger partial charge in [0.1, 0.15) is 0 Å². The van der Waals surface area contributed by atoms with E-state index in [-0.39, 0.29) is 34.6 Å². The second-order valence-corrected chi connectivity index (χ2v) is 9.56. The van der Waals surface area contributed by atoms with Gasteiger partial charge in [-0.3, -0.25) is 4.79 Å². The highest BCUT2D eigenvalue weighted by Crippen LogP contribution is 2.25. The van der Waals surface area contributed by atoms with Crippen molar-refractivity contribution in [1.29, 1.82) is 0 Å². The average molecular weight is 437 g/mol. The summed E-state index contributed by atoms with van der Waals surface area (Å²) in [5.74, 6) is -0.415. The Morgan fingerprint density at radius 3 is 2.48 bits per heavy atom. The van der Waals surface area contributed by atoms with Crippen LogP contribution >= 0.6 is 11.6 Å². The number of carbonyl (C=O) groups excluding carboxylic acids is 1. The summed E-state index contributed by atoms with van der Waals surface area (Å²) < 4.78 is 32.4. The van der Waals surface area contributed by atoms with Gasteiger partial charge in [-0.25, -0.2) is 8.42 Å². The van der Waals surface area contributed by atoms with Gasteiger partial charge >= 0.3 is 0 Å². The zero-order chi connectivity index (χ0) is 21.2. The van der Waals surface area contributed by atoms with Gasteiger partial charge in [0.05, 0.1) is 34.7 Å². The van der Waals surface area contributed by atoms with E-state index in [9.17, 15) is 13.2 Å². The highest BCUT2D eigenvalue weighted by molar-refractivity contribution is 7.89. The van der Waals surface area contributed by atoms with E-state index in [2.05, 4.69) is 11.4 Å². The molecule has 2 aromatic carbocycles. The van der Waals surface area contributed by atoms with Crippen LogP contribution in [-0.4, -0.2) is 44.9 Å². The molecule has 1 heterocycles. The molecule has 1 saturated heterocycles. The minimum absolute atomic E-state index is 0.0492. The topological polar surface area (TPSA) is 75.7 Å². The minimum Gasteiger partial charge on any atom is -0.379 e. The van der Waals surface area contributed by atoms with Gasteiger partial charge in [0, 0.05) is 13.1 Å². The van der Waals surface area contributed by atoms with Gasteiger partial charge in [-0.05, 0) is 50.1 Å². The summed E-state index contributed by atoms with van der Waals surface area (Å²) in [6.07, 6.45) is 0. The first-order chi connectivity index (χ1) is 13.7. The smallest absolute Gasteiger partial charge is 0.253 e. The molecular weight excluding hydrogens is 412 g/mol. The fourth-order valence-electron chi connectivity index (χ4n) is 3.44. The first kappa shape index (κ1) is 21.8. The summed E-state index contributed by atoms with van der Waals surface area (Å²) in [6.45, 7) is 7.18. The second-order valence-electron chi connectivity index (χ2n) is 7.21. The summed E-state index contributed by atoms with van der Waals surface area (Å²) in [6, 6.07) is 10.0. The number of rotatable bonds is 5. The molecule has 1 atom stereocenters. The number of halogens is 1. The summed E-state index contributed by atoms with van der Waals surface area (Å²) in [5, 5.41) is 3.12. The SMILES string of the molecule is Cc1ccc([C@@H](C)NC(=O)c2cc(S(=O)(=O)N3CCOCC3)ccc2Cl)c(C)c1. The van der Waals surface area contributed by atoms with Crippen molar-refractivity contribution in [2.45, 2.75) is 31.7 Å². The van der Waals surface area contributed by atoms with Crippen LogP contribution < -0.4 is 5.32 Å². The van der Waals surface area contributed by atoms with E-state index in [0.29, 0.717) is 13.2 Å². The molecule has 0 unspecified atom stereocenters. The molecule has 0 aromatic heterocycles. The molecule has 29 heavy (non-hydrogen) atoms. The van der Waals surface area contributed by atoms with E-state index in [1.807, 2.05) is 32.9 Å². The number of hydrogen-bond donors (Lipinski definition) is 1. The molecule has 2 aromatic rings. The van der Waals surface area contributed by atoms with E-state index in [1.165, 1.54) is 22.5 Å². The molecule has 0 bridgehead atoms. The van der Waals surface area contributed by atoms with E-state index < -0.39 is 15.9 Å². The number of nitrogens with one attached hydrogen (secondary N) is 1. The fraction of sp³-hybridized carbons (Fsp3) is 0.381. The molecule has 3 rings (SSSR count). The van der Waals surface area contributed by atoms with Crippen molar-refractivity contribution in [3.8, 4) is 0 Å². The van der Waals surface area contributed by atoms with Crippen molar-refractivity contribution in [3.05, 3.63) is 63.7 Å². The Hall–Kier alpha value is -1.93. The van der Waals surface area contributed by atoms with Crippen LogP contribution in [0.5, 0.6) is 0 Å². The van der Waals surface area contributed by atoms with Gasteiger partial charge in [0.2, 0.25) is 10.0 Å². The third kappa shape index (κ3) is 4.80. The van der Waals surface area contributed by atoms with Crippen molar-refractivity contribution in [1.82, 2.24) is 9.62 Å². The van der Waals surface area contributed by atoms with E-state index in [4.69, 9.17) is 16.3 Å². The lowest BCUT2D eigenvalue weighted by atomic mass is 10.00. The Bertz CT molecular complexity index is 1020. The summed E-state index contributed by atoms with van der Waals surface area (Å²) in [7, 11) is -3.71. The Labute approximate surface area is 176 Å². The molecule has 6 nitrogen and oxygen atoms in total. The number of hydrogen-bond acceptors (Lipinski definition) is 4. The average Bonchev–Trinajstić information content (AvgIpc) is 2.68. The van der Waals surface area contributed by atoms with Crippen molar-refractivity contribution in [2.24, 2.45) is 0 Å². The van der Waals surface area contributed by atoms with Gasteiger partial charge in [-0.1, -0.05) is 35.4 Å². The lowest BCUT2D eigenvalue weighted by molar-refractivity contribution is 0.0730. The maximum Gasteiger partial charge on any atom is 0.253 e. The maximum atomic E-state index is 12.9. The largest absolute Gasteiger partial charge is 0.379 e. The quantitative estimate of drug-likeness (QED) is 0.778. The Morgan fingerprint density at radius 2 is 1.83 bits per heavy atom. The molecule has 1 fully saturated rings. The third-order valence-electron chi connectivity index (χ3n) is 5.03. The van der Waals surface area contributed by atoms with Crippen molar-refractivity contribution < 1.29 is 17.9 Å². The predicted molar refractivity (Wildman–Crippen MR) is 113 cm³/mol. The molecule has 1 amide bonds. The van der Waals surface area contributed by atoms with Gasteiger partial charge in [0.15, 0.2) is 0 Å². The van der Waals surface area contributed by atoms with Crippen LogP contribution in [0.3, 0.4) is 0 Å². The minimum atomic E-state index is -3.71. The number of nitrogens with zero attached hydrogens (tertiary/aromatic N) is 1. The molecule has 0 aliphatic carbocycles. The molecule has 1 aliphatic heterocycles. The van der Waals surface area contributed by atoms with Crippen LogP contribution in [0.2, 0.25) is 5.02 Å². The standard InChI is InChI=1S/C21H25ClN2O4S/c1-14-4-6-18(15(2)12-14)16(3)23-21(25)19-13-17(5-7-20(19)22)29(26,27)24-8-10-28-11-9-24/h4-7,12-13,16H,8-11H2,1-3H3,(H,23,25)/t16-/m1/s1. The van der Waals surface area contributed by atoms with Crippen LogP contribution in [0.1, 0.15) is 40.0 Å². The van der Waals surface area contributed by atoms with E-state index >= 15 is 0 Å². The number of carbonyl (C=O) groups is 1. The van der Waals surface area contributed by atoms with Crippen LogP contribution in [-0.2, 0) is 14.8 Å². The predicted octanol–water partition coefficient (Wildman–Crippen LogP) is 3.47. The van der Waals surface area contributed by atoms with Gasteiger partial charge < -0.3 is 10.1 Å². The number of aryl methyl sites for hydroxylation is 2. The van der Waals surface area contributed by atoms with Crippen LogP contribution in [0.4, 0.5) is 0 Å². The lowest BCUT2D eigenvalue weighted by Gasteiger charge is -2.26. The second kappa shape index (κ2) is 8.83. The van der Waals surface area contributed by atoms with Crippen molar-refractivity contribution in [3.63, 3.8) is 0 Å². The first-order valence-electron chi connectivity index (χ1n) is 9.45. The Balaban J connectivity index is 1.84. The molecule has 1 aliphatic rings. The number of benzene rings is 2. The van der Waals surface area contributed by atoms with Crippen molar-refractivity contribution in [2.75, 3.05) is 26.3 Å². The summed E-state index contributed by atoms with van der Waals surface area (Å²) in [4.78, 5) is 12.9. The Morgan fingerprint density at radius 1 is 1.14 bits per heavy atom. The van der Waals surface area contributed by atoms with Crippen LogP contribution in [0.15, 0.2) is 41.3 Å². The Kier molecular flexibility index (Phi) is 6.63. The van der Waals surface area contributed by atoms with Gasteiger partial charge in [0.25, 0.3) is 5.91 Å². The zero-order valence-electron chi connectivity index (χ0n) is 16.7. The number of sulfonamides is 1. The van der Waals surface area contributed by atoms with Crippen LogP contribution in [0, 0.1) is 13.8 Å². The zero-order valence-corrected chi connectivity index (χ0v) is 18.3. The normalized spacial score (nSPS) is 16.4. The molecular formula is C21H25ClN2O4S. The number of morpholine rings is 1. The molecule has 0 saturated carbocycles. The molecule has 156 valence electrons. The van der Waals surface area contributed by atoms with Crippen molar-refractivity contribution >= 4 is 27.5 Å². The maximum absolute atomic E-state index is 12.9. The lowest BCUT2D eigenvalue weighted by Crippen LogP contribution is -2.40. The van der Waals surface area contributed by atoms with Crippen LogP contribution in [0.25, 0.3) is 0 Å². The third-order valence-corrected chi connectivity index (χ3v) is 7.25. The first-order valence-corrected chi connectivity index (χ1v) is 11.3. The highest BCUT2D eigenvalue weighted by atomic mass is 35.5. The van der Waals surface area contributed by atoms with E-state index in [0.717, 1.165) is 16.7 Å². The molecule has 1 N–H and O–H groups in total. The van der Waals surface area contributed by atoms with Gasteiger partial charge in [-0.2, -0.15) is 4.31 Å². The number of amides is 1. The fourth-order valence-corrected chi connectivity index (χ4v) is 5.08. The summed E-state index contributed by atoms with van der Waals surface area (Å²) in [5.41, 5.74) is 3.36. The van der Waals surface area contributed by atoms with Gasteiger partial charge in [-0.15, -0.1) is 0 Å². The molecule has 8 heteroatoms.